The number of anilines is 1. The van der Waals surface area contributed by atoms with Crippen molar-refractivity contribution in [3.63, 3.8) is 0 Å². The third-order valence-electron chi connectivity index (χ3n) is 1.89. The lowest BCUT2D eigenvalue weighted by atomic mass is 10.2. The first-order valence-electron chi connectivity index (χ1n) is 4.29. The van der Waals surface area contributed by atoms with Gasteiger partial charge in [-0.05, 0) is 18.6 Å². The maximum atomic E-state index is 8.51. The van der Waals surface area contributed by atoms with Gasteiger partial charge in [-0.25, -0.2) is 0 Å². The molecule has 0 aromatic heterocycles. The molecule has 0 amide bonds. The topological polar surface area (TPSA) is 72.0 Å². The molecule has 1 rings (SSSR count). The van der Waals surface area contributed by atoms with E-state index in [4.69, 9.17) is 45.3 Å². The summed E-state index contributed by atoms with van der Waals surface area (Å²) in [6, 6.07) is 4.70. The normalized spacial score (nSPS) is 9.06. The van der Waals surface area contributed by atoms with E-state index in [9.17, 15) is 0 Å². The minimum atomic E-state index is -0.329. The van der Waals surface area contributed by atoms with Crippen molar-refractivity contribution in [2.24, 2.45) is 5.10 Å². The second-order valence-electron chi connectivity index (χ2n) is 2.95. The third-order valence-corrected chi connectivity index (χ3v) is 3.05. The highest BCUT2D eigenvalue weighted by atomic mass is 35.5. The number of hydrogen-bond donors (Lipinski definition) is 1. The summed E-state index contributed by atoms with van der Waals surface area (Å²) in [6.07, 6.45) is 0. The molecule has 0 saturated carbocycles. The van der Waals surface area contributed by atoms with Gasteiger partial charge in [0.1, 0.15) is 12.1 Å². The number of hydrazone groups is 1. The van der Waals surface area contributed by atoms with Crippen LogP contribution in [0.1, 0.15) is 5.56 Å². The lowest BCUT2D eigenvalue weighted by molar-refractivity contribution is 1.32. The van der Waals surface area contributed by atoms with Crippen molar-refractivity contribution in [3.8, 4) is 12.1 Å². The van der Waals surface area contributed by atoms with Crippen LogP contribution in [0, 0.1) is 29.6 Å². The van der Waals surface area contributed by atoms with Gasteiger partial charge in [0.15, 0.2) is 0 Å². The molecule has 1 N–H and O–H groups in total. The molecule has 0 bridgehead atoms. The Morgan fingerprint density at radius 1 is 1.24 bits per heavy atom. The molecule has 1 aromatic carbocycles. The van der Waals surface area contributed by atoms with Gasteiger partial charge in [-0.1, -0.05) is 34.8 Å². The van der Waals surface area contributed by atoms with Crippen molar-refractivity contribution < 1.29 is 0 Å². The summed E-state index contributed by atoms with van der Waals surface area (Å²) in [7, 11) is 0. The van der Waals surface area contributed by atoms with E-state index in [0.717, 1.165) is 0 Å². The Labute approximate surface area is 113 Å². The van der Waals surface area contributed by atoms with Crippen LogP contribution >= 0.6 is 34.8 Å². The first-order chi connectivity index (χ1) is 8.01. The standard InChI is InChI=1S/C10H5Cl3N4/c1-5-7(11)2-8(12)10(9(5)13)17-16-6(3-14)4-15/h2,17H,1H3. The molecule has 0 aliphatic rings. The fourth-order valence-electron chi connectivity index (χ4n) is 0.978. The molecule has 7 heteroatoms. The second kappa shape index (κ2) is 5.75. The smallest absolute Gasteiger partial charge is 0.237 e. The zero-order valence-corrected chi connectivity index (χ0v) is 10.8. The van der Waals surface area contributed by atoms with Gasteiger partial charge in [0.25, 0.3) is 0 Å². The minimum absolute atomic E-state index is 0.254. The van der Waals surface area contributed by atoms with Crippen LogP contribution in [0.2, 0.25) is 15.1 Å². The van der Waals surface area contributed by atoms with Gasteiger partial charge >= 0.3 is 0 Å². The molecule has 86 valence electrons. The fourth-order valence-corrected chi connectivity index (χ4v) is 1.83. The molecule has 0 atom stereocenters. The Morgan fingerprint density at radius 3 is 2.35 bits per heavy atom. The quantitative estimate of drug-likeness (QED) is 0.664. The maximum absolute atomic E-state index is 8.51. The number of halogens is 3. The summed E-state index contributed by atoms with van der Waals surface area (Å²) in [5, 5.41) is 21.6. The monoisotopic (exact) mass is 286 g/mol. The average molecular weight is 288 g/mol. The van der Waals surface area contributed by atoms with E-state index < -0.39 is 0 Å². The highest BCUT2D eigenvalue weighted by Crippen LogP contribution is 2.37. The van der Waals surface area contributed by atoms with Crippen molar-refractivity contribution in [1.82, 2.24) is 0 Å². The van der Waals surface area contributed by atoms with E-state index in [0.29, 0.717) is 21.3 Å². The number of hydrogen-bond acceptors (Lipinski definition) is 4. The van der Waals surface area contributed by atoms with Crippen molar-refractivity contribution in [2.75, 3.05) is 5.43 Å². The van der Waals surface area contributed by atoms with Crippen LogP contribution < -0.4 is 5.43 Å². The van der Waals surface area contributed by atoms with Gasteiger partial charge in [-0.2, -0.15) is 15.6 Å². The van der Waals surface area contributed by atoms with E-state index in [-0.39, 0.29) is 10.7 Å². The summed E-state index contributed by atoms with van der Waals surface area (Å²) in [5.41, 5.74) is 3.08. The Morgan fingerprint density at radius 2 is 1.82 bits per heavy atom. The number of nitriles is 2. The summed E-state index contributed by atoms with van der Waals surface area (Å²) < 4.78 is 0. The summed E-state index contributed by atoms with van der Waals surface area (Å²) >= 11 is 17.8. The molecule has 0 radical (unpaired) electrons. The molecule has 0 fully saturated rings. The van der Waals surface area contributed by atoms with Gasteiger partial charge in [0.05, 0.1) is 15.7 Å². The van der Waals surface area contributed by atoms with Crippen molar-refractivity contribution in [1.29, 1.82) is 10.5 Å². The molecule has 0 spiro atoms. The van der Waals surface area contributed by atoms with Crippen LogP contribution in [0.4, 0.5) is 5.69 Å². The molecular weight excluding hydrogens is 282 g/mol. The van der Waals surface area contributed by atoms with E-state index in [1.54, 1.807) is 19.1 Å². The molecule has 0 aliphatic heterocycles. The van der Waals surface area contributed by atoms with Gasteiger partial charge in [-0.3, -0.25) is 5.43 Å². The van der Waals surface area contributed by atoms with Gasteiger partial charge < -0.3 is 0 Å². The summed E-state index contributed by atoms with van der Waals surface area (Å²) in [6.45, 7) is 1.71. The van der Waals surface area contributed by atoms with Crippen LogP contribution in [0.15, 0.2) is 11.2 Å². The molecule has 0 unspecified atom stereocenters. The number of nitrogens with zero attached hydrogens (tertiary/aromatic N) is 3. The zero-order chi connectivity index (χ0) is 13.0. The Bertz CT molecular complexity index is 550. The molecule has 17 heavy (non-hydrogen) atoms. The van der Waals surface area contributed by atoms with E-state index in [1.165, 1.54) is 6.07 Å². The Kier molecular flexibility index (Phi) is 4.60. The Hall–Kier alpha value is -1.46. The van der Waals surface area contributed by atoms with E-state index in [2.05, 4.69) is 10.5 Å². The average Bonchev–Trinajstić information content (AvgIpc) is 2.31. The maximum Gasteiger partial charge on any atom is 0.237 e. The number of nitrogens with one attached hydrogen (secondary N) is 1. The predicted octanol–water partition coefficient (Wildman–Crippen LogP) is 3.77. The molecule has 4 nitrogen and oxygen atoms in total. The minimum Gasteiger partial charge on any atom is -0.273 e. The van der Waals surface area contributed by atoms with Crippen molar-refractivity contribution in [2.45, 2.75) is 6.92 Å². The number of benzene rings is 1. The highest BCUT2D eigenvalue weighted by molar-refractivity contribution is 6.42. The lowest BCUT2D eigenvalue weighted by Gasteiger charge is -2.09. The van der Waals surface area contributed by atoms with E-state index >= 15 is 0 Å². The molecule has 0 heterocycles. The van der Waals surface area contributed by atoms with E-state index in [1.807, 2.05) is 0 Å². The second-order valence-corrected chi connectivity index (χ2v) is 4.14. The molecule has 0 saturated heterocycles. The SMILES string of the molecule is Cc1c(Cl)cc(Cl)c(NN=C(C#N)C#N)c1Cl. The fraction of sp³-hybridized carbons (Fsp3) is 0.100. The van der Waals surface area contributed by atoms with Crippen LogP contribution in [0.3, 0.4) is 0 Å². The summed E-state index contributed by atoms with van der Waals surface area (Å²) in [4.78, 5) is 0. The molecule has 0 aliphatic carbocycles. The molecule has 1 aromatic rings. The highest BCUT2D eigenvalue weighted by Gasteiger charge is 2.11. The first-order valence-corrected chi connectivity index (χ1v) is 5.42. The third kappa shape index (κ3) is 3.01. The number of rotatable bonds is 2. The van der Waals surface area contributed by atoms with Gasteiger partial charge in [0.2, 0.25) is 5.71 Å². The largest absolute Gasteiger partial charge is 0.273 e. The van der Waals surface area contributed by atoms with Crippen LogP contribution in [0.5, 0.6) is 0 Å². The Balaban J connectivity index is 3.18. The van der Waals surface area contributed by atoms with Crippen molar-refractivity contribution >= 4 is 46.2 Å². The molecular formula is C10H5Cl3N4. The van der Waals surface area contributed by atoms with Crippen molar-refractivity contribution in [3.05, 3.63) is 26.7 Å². The lowest BCUT2D eigenvalue weighted by Crippen LogP contribution is -1.98. The van der Waals surface area contributed by atoms with Gasteiger partial charge in [-0.15, -0.1) is 0 Å². The van der Waals surface area contributed by atoms with Crippen LogP contribution in [-0.2, 0) is 0 Å². The van der Waals surface area contributed by atoms with Crippen LogP contribution in [-0.4, -0.2) is 5.71 Å². The van der Waals surface area contributed by atoms with Gasteiger partial charge in [0, 0.05) is 5.02 Å². The van der Waals surface area contributed by atoms with Crippen LogP contribution in [0.25, 0.3) is 0 Å². The predicted molar refractivity (Wildman–Crippen MR) is 68.5 cm³/mol. The zero-order valence-electron chi connectivity index (χ0n) is 8.55. The summed E-state index contributed by atoms with van der Waals surface area (Å²) in [5.74, 6) is 0. The first kappa shape index (κ1) is 13.6.